The average Bonchev–Trinajstić information content (AvgIpc) is 3.36. The minimum absolute atomic E-state index is 0.214. The van der Waals surface area contributed by atoms with Crippen molar-refractivity contribution in [3.8, 4) is 0 Å². The predicted molar refractivity (Wildman–Crippen MR) is 179 cm³/mol. The minimum Gasteiger partial charge on any atom is -0.444 e. The highest BCUT2D eigenvalue weighted by molar-refractivity contribution is 6.11. The zero-order valence-electron chi connectivity index (χ0n) is 27.2. The summed E-state index contributed by atoms with van der Waals surface area (Å²) in [5.74, 6) is -1.01. The Morgan fingerprint density at radius 3 is 2.38 bits per heavy atom. The summed E-state index contributed by atoms with van der Waals surface area (Å²) >= 11 is 0. The number of carbonyl (C=O) groups is 2. The smallest absolute Gasteiger partial charge is 0.410 e. The fourth-order valence-electron chi connectivity index (χ4n) is 5.96. The molecule has 0 bridgehead atoms. The molecule has 0 saturated carbocycles. The fourth-order valence-corrected chi connectivity index (χ4v) is 5.96. The molecule has 0 spiro atoms. The number of fused-ring (bicyclic) bond motifs is 1. The SMILES string of the molecule is CN1CCN(c2ccc(C(=O)Nc3n[nH]c4ccc(Cc5cc(F)cc(F)c5)cc34)c(NCC3CN(C(=O)OC(C)(C)C)C3)c2)CC1. The Morgan fingerprint density at radius 2 is 1.68 bits per heavy atom. The number of hydrogen-bond acceptors (Lipinski definition) is 7. The molecule has 0 unspecified atom stereocenters. The Labute approximate surface area is 273 Å². The first-order valence-corrected chi connectivity index (χ1v) is 15.9. The number of nitrogens with zero attached hydrogens (tertiary/aromatic N) is 4. The monoisotopic (exact) mass is 645 g/mol. The number of piperazine rings is 1. The van der Waals surface area contributed by atoms with Gasteiger partial charge in [0.1, 0.15) is 17.2 Å². The molecule has 3 N–H and O–H groups in total. The summed E-state index contributed by atoms with van der Waals surface area (Å²) in [7, 11) is 2.11. The molecule has 10 nitrogen and oxygen atoms in total. The number of carbonyl (C=O) groups excluding carboxylic acids is 2. The third-order valence-electron chi connectivity index (χ3n) is 8.50. The summed E-state index contributed by atoms with van der Waals surface area (Å²) < 4.78 is 33.0. The largest absolute Gasteiger partial charge is 0.444 e. The van der Waals surface area contributed by atoms with Crippen molar-refractivity contribution in [3.63, 3.8) is 0 Å². The van der Waals surface area contributed by atoms with Gasteiger partial charge in [0, 0.05) is 74.6 Å². The Morgan fingerprint density at radius 1 is 0.957 bits per heavy atom. The van der Waals surface area contributed by atoms with Crippen LogP contribution in [0, 0.1) is 17.6 Å². The van der Waals surface area contributed by atoms with E-state index in [1.807, 2.05) is 57.2 Å². The maximum atomic E-state index is 13.8. The van der Waals surface area contributed by atoms with Gasteiger partial charge in [0.15, 0.2) is 5.82 Å². The van der Waals surface area contributed by atoms with Crippen molar-refractivity contribution in [2.45, 2.75) is 32.8 Å². The lowest BCUT2D eigenvalue weighted by Crippen LogP contribution is -2.53. The van der Waals surface area contributed by atoms with Gasteiger partial charge in [-0.1, -0.05) is 6.07 Å². The van der Waals surface area contributed by atoms with E-state index in [0.717, 1.165) is 49.0 Å². The molecule has 2 fully saturated rings. The van der Waals surface area contributed by atoms with E-state index in [1.54, 1.807) is 4.90 Å². The molecule has 0 atom stereocenters. The van der Waals surface area contributed by atoms with Crippen LogP contribution < -0.4 is 15.5 Å². The van der Waals surface area contributed by atoms with Gasteiger partial charge in [0.25, 0.3) is 5.91 Å². The number of rotatable bonds is 8. The number of halogens is 2. The zero-order valence-corrected chi connectivity index (χ0v) is 27.2. The number of ether oxygens (including phenoxy) is 1. The molecular formula is C35H41F2N7O3. The van der Waals surface area contributed by atoms with Crippen LogP contribution in [0.15, 0.2) is 54.6 Å². The van der Waals surface area contributed by atoms with Crippen molar-refractivity contribution < 1.29 is 23.1 Å². The quantitative estimate of drug-likeness (QED) is 0.225. The second kappa shape index (κ2) is 13.2. The number of aromatic amines is 1. The van der Waals surface area contributed by atoms with Crippen LogP contribution in [0.25, 0.3) is 10.9 Å². The molecule has 2 aliphatic rings. The lowest BCUT2D eigenvalue weighted by atomic mass is 10.0. The highest BCUT2D eigenvalue weighted by atomic mass is 19.1. The summed E-state index contributed by atoms with van der Waals surface area (Å²) in [5.41, 5.74) is 3.69. The van der Waals surface area contributed by atoms with Gasteiger partial charge < -0.3 is 30.1 Å². The molecule has 6 rings (SSSR count). The zero-order chi connectivity index (χ0) is 33.3. The second-order valence-electron chi connectivity index (χ2n) is 13.5. The molecule has 3 heterocycles. The number of benzene rings is 3. The summed E-state index contributed by atoms with van der Waals surface area (Å²) in [6.45, 7) is 11.0. The first-order chi connectivity index (χ1) is 22.4. The van der Waals surface area contributed by atoms with Crippen molar-refractivity contribution in [3.05, 3.63) is 82.9 Å². The van der Waals surface area contributed by atoms with Gasteiger partial charge in [-0.15, -0.1) is 0 Å². The third kappa shape index (κ3) is 7.82. The first-order valence-electron chi connectivity index (χ1n) is 15.9. The molecule has 2 aliphatic heterocycles. The van der Waals surface area contributed by atoms with Gasteiger partial charge in [-0.05, 0) is 87.8 Å². The van der Waals surface area contributed by atoms with Gasteiger partial charge in [-0.3, -0.25) is 9.89 Å². The number of hydrogen-bond donors (Lipinski definition) is 3. The highest BCUT2D eigenvalue weighted by Gasteiger charge is 2.33. The van der Waals surface area contributed by atoms with Crippen LogP contribution in [0.5, 0.6) is 0 Å². The van der Waals surface area contributed by atoms with Crippen LogP contribution in [0.3, 0.4) is 0 Å². The van der Waals surface area contributed by atoms with Crippen LogP contribution in [0.1, 0.15) is 42.3 Å². The molecule has 47 heavy (non-hydrogen) atoms. The number of H-pyrrole nitrogens is 1. The molecule has 0 aliphatic carbocycles. The molecule has 1 aromatic heterocycles. The molecule has 12 heteroatoms. The van der Waals surface area contributed by atoms with Gasteiger partial charge in [0.2, 0.25) is 0 Å². The predicted octanol–water partition coefficient (Wildman–Crippen LogP) is 5.71. The van der Waals surface area contributed by atoms with Crippen LogP contribution in [-0.2, 0) is 11.2 Å². The summed E-state index contributed by atoms with van der Waals surface area (Å²) in [6, 6.07) is 14.8. The van der Waals surface area contributed by atoms with E-state index < -0.39 is 17.2 Å². The maximum Gasteiger partial charge on any atom is 0.410 e. The summed E-state index contributed by atoms with van der Waals surface area (Å²) in [5, 5.41) is 14.4. The number of likely N-dealkylation sites (N-methyl/N-ethyl adjacent to an activating group) is 1. The molecule has 0 radical (unpaired) electrons. The Bertz CT molecular complexity index is 1750. The van der Waals surface area contributed by atoms with Crippen LogP contribution >= 0.6 is 0 Å². The van der Waals surface area contributed by atoms with E-state index in [2.05, 4.69) is 37.7 Å². The Kier molecular flexibility index (Phi) is 9.05. The van der Waals surface area contributed by atoms with Crippen molar-refractivity contribution in [2.24, 2.45) is 5.92 Å². The van der Waals surface area contributed by atoms with E-state index in [4.69, 9.17) is 4.74 Å². The van der Waals surface area contributed by atoms with Crippen molar-refractivity contribution in [2.75, 3.05) is 68.4 Å². The maximum absolute atomic E-state index is 13.8. The van der Waals surface area contributed by atoms with E-state index in [0.29, 0.717) is 54.1 Å². The minimum atomic E-state index is -0.627. The molecule has 4 aromatic rings. The van der Waals surface area contributed by atoms with Gasteiger partial charge in [-0.2, -0.15) is 5.10 Å². The van der Waals surface area contributed by atoms with Crippen molar-refractivity contribution >= 4 is 40.1 Å². The van der Waals surface area contributed by atoms with E-state index in [9.17, 15) is 18.4 Å². The fraction of sp³-hybridized carbons (Fsp3) is 0.400. The van der Waals surface area contributed by atoms with Gasteiger partial charge in [-0.25, -0.2) is 13.6 Å². The van der Waals surface area contributed by atoms with Crippen molar-refractivity contribution in [1.29, 1.82) is 0 Å². The summed E-state index contributed by atoms with van der Waals surface area (Å²) in [6.07, 6.45) is 0.000664. The van der Waals surface area contributed by atoms with Gasteiger partial charge in [0.05, 0.1) is 11.1 Å². The Hall–Kier alpha value is -4.71. The number of likely N-dealkylation sites (tertiary alicyclic amines) is 1. The average molecular weight is 646 g/mol. The number of anilines is 3. The van der Waals surface area contributed by atoms with Crippen LogP contribution in [0.2, 0.25) is 0 Å². The molecular weight excluding hydrogens is 604 g/mol. The molecule has 2 saturated heterocycles. The highest BCUT2D eigenvalue weighted by Crippen LogP contribution is 2.29. The number of aromatic nitrogens is 2. The Balaban J connectivity index is 1.19. The van der Waals surface area contributed by atoms with E-state index >= 15 is 0 Å². The summed E-state index contributed by atoms with van der Waals surface area (Å²) in [4.78, 5) is 32.5. The molecule has 248 valence electrons. The normalized spacial score (nSPS) is 15.9. The van der Waals surface area contributed by atoms with Crippen LogP contribution in [0.4, 0.5) is 30.8 Å². The topological polar surface area (TPSA) is 106 Å². The van der Waals surface area contributed by atoms with E-state index in [-0.39, 0.29) is 17.9 Å². The van der Waals surface area contributed by atoms with Gasteiger partial charge >= 0.3 is 6.09 Å². The molecule has 2 amide bonds. The standard InChI is InChI=1S/C35H41F2N7O3/c1-35(2,3)47-34(46)44-20-24(21-44)19-38-31-18-27(43-11-9-42(4)10-12-43)6-7-28(31)33(45)39-32-29-16-22(5-8-30(29)40-41-32)13-23-14-25(36)17-26(37)15-23/h5-8,14-18,24,38H,9-13,19-21H2,1-4H3,(H2,39,40,41,45). The van der Waals surface area contributed by atoms with Crippen LogP contribution in [-0.4, -0.2) is 90.5 Å². The number of nitrogens with one attached hydrogen (secondary N) is 3. The first kappa shape index (κ1) is 32.2. The van der Waals surface area contributed by atoms with E-state index in [1.165, 1.54) is 12.1 Å². The lowest BCUT2D eigenvalue weighted by Gasteiger charge is -2.40. The molecule has 3 aromatic carbocycles. The number of amides is 2. The second-order valence-corrected chi connectivity index (χ2v) is 13.5. The third-order valence-corrected chi connectivity index (χ3v) is 8.50. The van der Waals surface area contributed by atoms with Crippen molar-refractivity contribution in [1.82, 2.24) is 20.0 Å². The lowest BCUT2D eigenvalue weighted by molar-refractivity contribution is 0.000839.